The van der Waals surface area contributed by atoms with E-state index in [-0.39, 0.29) is 0 Å². The van der Waals surface area contributed by atoms with Crippen LogP contribution in [0.2, 0.25) is 0 Å². The standard InChI is InChI=1S/C17H18N8/c18-17(16-23-12-2-1-6-19-14(12)24-16)4-8-25(9-5-17)15-11-3-7-20-13(11)21-10-22-15/h1-3,6-7,10H,4-5,8-9,18H2,(H,19,23,24)(H,20,21,22). The van der Waals surface area contributed by atoms with Crippen LogP contribution in [0.25, 0.3) is 22.2 Å². The summed E-state index contributed by atoms with van der Waals surface area (Å²) in [5.41, 5.74) is 8.72. The quantitative estimate of drug-likeness (QED) is 0.514. The van der Waals surface area contributed by atoms with Crippen LogP contribution in [0.15, 0.2) is 36.9 Å². The zero-order chi connectivity index (χ0) is 16.9. The van der Waals surface area contributed by atoms with E-state index in [2.05, 4.69) is 34.8 Å². The van der Waals surface area contributed by atoms with Crippen LogP contribution in [0.3, 0.4) is 0 Å². The topological polar surface area (TPSA) is 112 Å². The smallest absolute Gasteiger partial charge is 0.177 e. The fourth-order valence-corrected chi connectivity index (χ4v) is 3.55. The summed E-state index contributed by atoms with van der Waals surface area (Å²) in [5.74, 6) is 1.77. The summed E-state index contributed by atoms with van der Waals surface area (Å²) in [6.45, 7) is 1.64. The summed E-state index contributed by atoms with van der Waals surface area (Å²) in [5, 5.41) is 1.04. The molecular weight excluding hydrogens is 316 g/mol. The molecular formula is C17H18N8. The SMILES string of the molecule is NC1(c2nc3ncccc3[nH]2)CCN(c2ncnc3[nH]ccc23)CC1. The molecule has 1 fully saturated rings. The average Bonchev–Trinajstić information content (AvgIpc) is 3.29. The predicted octanol–water partition coefficient (Wildman–Crippen LogP) is 1.68. The molecule has 5 heterocycles. The second kappa shape index (κ2) is 5.25. The molecule has 126 valence electrons. The van der Waals surface area contributed by atoms with Gasteiger partial charge in [0.15, 0.2) is 5.65 Å². The zero-order valence-electron chi connectivity index (χ0n) is 13.6. The largest absolute Gasteiger partial charge is 0.356 e. The van der Waals surface area contributed by atoms with Gasteiger partial charge in [-0.2, -0.15) is 0 Å². The first kappa shape index (κ1) is 14.4. The van der Waals surface area contributed by atoms with E-state index in [1.54, 1.807) is 12.5 Å². The van der Waals surface area contributed by atoms with Crippen molar-refractivity contribution in [1.82, 2.24) is 29.9 Å². The van der Waals surface area contributed by atoms with E-state index in [0.717, 1.165) is 59.8 Å². The summed E-state index contributed by atoms with van der Waals surface area (Å²) in [7, 11) is 0. The summed E-state index contributed by atoms with van der Waals surface area (Å²) in [4.78, 5) is 26.4. The Morgan fingerprint density at radius 3 is 2.84 bits per heavy atom. The molecule has 0 spiro atoms. The zero-order valence-corrected chi connectivity index (χ0v) is 13.6. The molecule has 0 atom stereocenters. The molecule has 0 bridgehead atoms. The van der Waals surface area contributed by atoms with Crippen molar-refractivity contribution >= 4 is 28.0 Å². The third-order valence-corrected chi connectivity index (χ3v) is 5.02. The highest BCUT2D eigenvalue weighted by Crippen LogP contribution is 2.33. The van der Waals surface area contributed by atoms with Gasteiger partial charge in [0, 0.05) is 25.5 Å². The molecule has 8 nitrogen and oxygen atoms in total. The molecule has 1 saturated heterocycles. The fourth-order valence-electron chi connectivity index (χ4n) is 3.55. The molecule has 25 heavy (non-hydrogen) atoms. The summed E-state index contributed by atoms with van der Waals surface area (Å²) in [6, 6.07) is 5.88. The van der Waals surface area contributed by atoms with E-state index >= 15 is 0 Å². The lowest BCUT2D eigenvalue weighted by atomic mass is 9.88. The van der Waals surface area contributed by atoms with Gasteiger partial charge in [0.25, 0.3) is 0 Å². The molecule has 0 saturated carbocycles. The van der Waals surface area contributed by atoms with E-state index < -0.39 is 5.54 Å². The number of imidazole rings is 1. The number of nitrogens with one attached hydrogen (secondary N) is 2. The van der Waals surface area contributed by atoms with Gasteiger partial charge >= 0.3 is 0 Å². The van der Waals surface area contributed by atoms with Gasteiger partial charge < -0.3 is 20.6 Å². The minimum atomic E-state index is -0.471. The van der Waals surface area contributed by atoms with Crippen LogP contribution in [-0.4, -0.2) is 43.0 Å². The summed E-state index contributed by atoms with van der Waals surface area (Å²) >= 11 is 0. The van der Waals surface area contributed by atoms with Gasteiger partial charge in [-0.1, -0.05) is 0 Å². The summed E-state index contributed by atoms with van der Waals surface area (Å²) in [6.07, 6.45) is 6.83. The molecule has 1 aliphatic heterocycles. The maximum atomic E-state index is 6.69. The second-order valence-corrected chi connectivity index (χ2v) is 6.54. The molecule has 0 aliphatic carbocycles. The highest BCUT2D eigenvalue weighted by Gasteiger charge is 2.36. The lowest BCUT2D eigenvalue weighted by Crippen LogP contribution is -2.49. The van der Waals surface area contributed by atoms with Crippen molar-refractivity contribution in [3.8, 4) is 0 Å². The van der Waals surface area contributed by atoms with Crippen molar-refractivity contribution in [2.24, 2.45) is 5.73 Å². The third kappa shape index (κ3) is 2.25. The Morgan fingerprint density at radius 1 is 1.12 bits per heavy atom. The van der Waals surface area contributed by atoms with Crippen molar-refractivity contribution in [1.29, 1.82) is 0 Å². The van der Waals surface area contributed by atoms with Crippen molar-refractivity contribution in [2.75, 3.05) is 18.0 Å². The molecule has 1 aliphatic rings. The van der Waals surface area contributed by atoms with E-state index in [1.807, 2.05) is 24.4 Å². The highest BCUT2D eigenvalue weighted by atomic mass is 15.2. The van der Waals surface area contributed by atoms with Crippen molar-refractivity contribution in [3.05, 3.63) is 42.7 Å². The average molecular weight is 334 g/mol. The number of piperidine rings is 1. The van der Waals surface area contributed by atoms with Gasteiger partial charge in [0.2, 0.25) is 0 Å². The molecule has 0 unspecified atom stereocenters. The van der Waals surface area contributed by atoms with E-state index in [4.69, 9.17) is 5.73 Å². The van der Waals surface area contributed by atoms with Crippen LogP contribution in [0.5, 0.6) is 0 Å². The van der Waals surface area contributed by atoms with Gasteiger partial charge in [-0.25, -0.2) is 19.9 Å². The first-order valence-corrected chi connectivity index (χ1v) is 8.36. The molecule has 5 rings (SSSR count). The number of H-pyrrole nitrogens is 2. The highest BCUT2D eigenvalue weighted by molar-refractivity contribution is 5.87. The predicted molar refractivity (Wildman–Crippen MR) is 95.1 cm³/mol. The van der Waals surface area contributed by atoms with Gasteiger partial charge in [-0.15, -0.1) is 0 Å². The first-order chi connectivity index (χ1) is 12.2. The minimum absolute atomic E-state index is 0.471. The lowest BCUT2D eigenvalue weighted by molar-refractivity contribution is 0.326. The van der Waals surface area contributed by atoms with Gasteiger partial charge in [0.1, 0.15) is 23.6 Å². The third-order valence-electron chi connectivity index (χ3n) is 5.02. The normalized spacial score (nSPS) is 17.4. The monoisotopic (exact) mass is 334 g/mol. The molecule has 0 aromatic carbocycles. The van der Waals surface area contributed by atoms with Crippen LogP contribution in [0.4, 0.5) is 5.82 Å². The number of hydrogen-bond acceptors (Lipinski definition) is 6. The molecule has 8 heteroatoms. The second-order valence-electron chi connectivity index (χ2n) is 6.54. The molecule has 4 aromatic heterocycles. The van der Waals surface area contributed by atoms with Gasteiger partial charge in [-0.3, -0.25) is 0 Å². The van der Waals surface area contributed by atoms with Crippen LogP contribution in [0, 0.1) is 0 Å². The van der Waals surface area contributed by atoms with Crippen LogP contribution in [-0.2, 0) is 5.54 Å². The van der Waals surface area contributed by atoms with Crippen LogP contribution >= 0.6 is 0 Å². The minimum Gasteiger partial charge on any atom is -0.356 e. The Morgan fingerprint density at radius 2 is 2.00 bits per heavy atom. The van der Waals surface area contributed by atoms with Crippen molar-refractivity contribution < 1.29 is 0 Å². The van der Waals surface area contributed by atoms with E-state index in [9.17, 15) is 0 Å². The number of aromatic nitrogens is 6. The lowest BCUT2D eigenvalue weighted by Gasteiger charge is -2.38. The number of nitrogens with two attached hydrogens (primary N) is 1. The first-order valence-electron chi connectivity index (χ1n) is 8.36. The number of nitrogens with zero attached hydrogens (tertiary/aromatic N) is 5. The number of aromatic amines is 2. The fraction of sp³-hybridized carbons (Fsp3) is 0.294. The number of hydrogen-bond donors (Lipinski definition) is 3. The maximum Gasteiger partial charge on any atom is 0.177 e. The van der Waals surface area contributed by atoms with Crippen molar-refractivity contribution in [3.63, 3.8) is 0 Å². The van der Waals surface area contributed by atoms with Crippen LogP contribution in [0.1, 0.15) is 18.7 Å². The number of pyridine rings is 1. The van der Waals surface area contributed by atoms with Crippen molar-refractivity contribution in [2.45, 2.75) is 18.4 Å². The summed E-state index contributed by atoms with van der Waals surface area (Å²) < 4.78 is 0. The molecule has 4 N–H and O–H groups in total. The number of fused-ring (bicyclic) bond motifs is 2. The number of anilines is 1. The van der Waals surface area contributed by atoms with Gasteiger partial charge in [0.05, 0.1) is 16.4 Å². The Kier molecular flexibility index (Phi) is 3.01. The Hall–Kier alpha value is -3.00. The number of rotatable bonds is 2. The molecule has 0 radical (unpaired) electrons. The van der Waals surface area contributed by atoms with Crippen LogP contribution < -0.4 is 10.6 Å². The Bertz CT molecular complexity index is 1010. The Labute approximate surface area is 143 Å². The van der Waals surface area contributed by atoms with E-state index in [0.29, 0.717) is 0 Å². The van der Waals surface area contributed by atoms with Gasteiger partial charge in [-0.05, 0) is 31.0 Å². The maximum absolute atomic E-state index is 6.69. The molecule has 4 aromatic rings. The molecule has 0 amide bonds. The van der Waals surface area contributed by atoms with E-state index in [1.165, 1.54) is 0 Å². The Balaban J connectivity index is 1.42.